The first-order chi connectivity index (χ1) is 6.76. The van der Waals surface area contributed by atoms with Gasteiger partial charge in [0, 0.05) is 13.8 Å². The van der Waals surface area contributed by atoms with E-state index in [0.29, 0.717) is 4.88 Å². The number of aliphatic hydroxyl groups excluding tert-OH is 1. The van der Waals surface area contributed by atoms with Crippen LogP contribution in [0.1, 0.15) is 15.2 Å². The highest BCUT2D eigenvalue weighted by Gasteiger charge is 2.10. The number of aldehydes is 1. The quantitative estimate of drug-likeness (QED) is 0.683. The highest BCUT2D eigenvalue weighted by Crippen LogP contribution is 2.31. The van der Waals surface area contributed by atoms with E-state index in [-0.39, 0.29) is 6.61 Å². The smallest absolute Gasteiger partial charge is 0.160 e. The van der Waals surface area contributed by atoms with Crippen LogP contribution in [0, 0.1) is 3.57 Å². The molecule has 2 nitrogen and oxygen atoms in total. The minimum Gasteiger partial charge on any atom is -0.392 e. The maximum absolute atomic E-state index is 10.7. The molecule has 1 heterocycles. The average molecular weight is 318 g/mol. The zero-order valence-corrected chi connectivity index (χ0v) is 10.1. The fourth-order valence-corrected chi connectivity index (χ4v) is 2.90. The summed E-state index contributed by atoms with van der Waals surface area (Å²) in [6, 6.07) is 5.97. The number of carbonyl (C=O) groups excluding carboxylic acids is 1. The Balaban J connectivity index is 2.81. The van der Waals surface area contributed by atoms with Crippen molar-refractivity contribution in [2.75, 3.05) is 0 Å². The van der Waals surface area contributed by atoms with Gasteiger partial charge in [-0.3, -0.25) is 4.79 Å². The molecule has 0 aliphatic heterocycles. The number of hydrogen-bond donors (Lipinski definition) is 1. The molecule has 0 fully saturated rings. The fraction of sp³-hybridized carbons (Fsp3) is 0.100. The molecular weight excluding hydrogens is 311 g/mol. The average Bonchev–Trinajstić information content (AvgIpc) is 2.54. The van der Waals surface area contributed by atoms with Crippen LogP contribution in [0.2, 0.25) is 0 Å². The summed E-state index contributed by atoms with van der Waals surface area (Å²) >= 11 is 3.64. The van der Waals surface area contributed by atoms with E-state index >= 15 is 0 Å². The summed E-state index contributed by atoms with van der Waals surface area (Å²) in [6.45, 7) is -0.0752. The molecule has 1 N–H and O–H groups in total. The maximum Gasteiger partial charge on any atom is 0.160 e. The van der Waals surface area contributed by atoms with Gasteiger partial charge in [0.15, 0.2) is 6.29 Å². The van der Waals surface area contributed by atoms with Crippen LogP contribution in [0.25, 0.3) is 10.1 Å². The molecule has 4 heteroatoms. The minimum absolute atomic E-state index is 0.0752. The van der Waals surface area contributed by atoms with Crippen molar-refractivity contribution >= 4 is 50.3 Å². The van der Waals surface area contributed by atoms with E-state index in [0.717, 1.165) is 25.5 Å². The summed E-state index contributed by atoms with van der Waals surface area (Å²) in [5, 5.41) is 10.2. The molecule has 0 aliphatic rings. The van der Waals surface area contributed by atoms with Crippen molar-refractivity contribution in [1.82, 2.24) is 0 Å². The Hall–Kier alpha value is -0.460. The lowest BCUT2D eigenvalue weighted by Gasteiger charge is -1.95. The van der Waals surface area contributed by atoms with Crippen LogP contribution in [0.3, 0.4) is 0 Å². The van der Waals surface area contributed by atoms with Gasteiger partial charge in [0.2, 0.25) is 0 Å². The molecule has 0 amide bonds. The Labute approximate surface area is 98.7 Å². The number of rotatable bonds is 2. The number of carbonyl (C=O) groups is 1. The number of hydrogen-bond acceptors (Lipinski definition) is 3. The van der Waals surface area contributed by atoms with Crippen LogP contribution >= 0.6 is 33.9 Å². The van der Waals surface area contributed by atoms with Crippen LogP contribution in [0.5, 0.6) is 0 Å². The first-order valence-electron chi connectivity index (χ1n) is 4.03. The van der Waals surface area contributed by atoms with Gasteiger partial charge in [-0.05, 0) is 46.2 Å². The van der Waals surface area contributed by atoms with Crippen molar-refractivity contribution in [2.45, 2.75) is 6.61 Å². The Morgan fingerprint density at radius 2 is 2.29 bits per heavy atom. The van der Waals surface area contributed by atoms with Gasteiger partial charge in [-0.1, -0.05) is 0 Å². The molecule has 2 aromatic rings. The molecule has 0 aliphatic carbocycles. The van der Waals surface area contributed by atoms with E-state index in [4.69, 9.17) is 0 Å². The van der Waals surface area contributed by atoms with Crippen molar-refractivity contribution in [3.63, 3.8) is 0 Å². The molecule has 1 aromatic carbocycles. The normalized spacial score (nSPS) is 10.7. The molecule has 14 heavy (non-hydrogen) atoms. The number of aliphatic hydroxyl groups is 1. The minimum atomic E-state index is -0.0752. The van der Waals surface area contributed by atoms with E-state index in [1.54, 1.807) is 0 Å². The Bertz CT molecular complexity index is 490. The predicted molar refractivity (Wildman–Crippen MR) is 65.9 cm³/mol. The number of fused-ring (bicyclic) bond motifs is 1. The topological polar surface area (TPSA) is 37.3 Å². The molecule has 0 saturated carbocycles. The molecule has 0 spiro atoms. The zero-order valence-electron chi connectivity index (χ0n) is 7.16. The second kappa shape index (κ2) is 3.96. The fourth-order valence-electron chi connectivity index (χ4n) is 1.40. The lowest BCUT2D eigenvalue weighted by molar-refractivity contribution is 0.112. The highest BCUT2D eigenvalue weighted by atomic mass is 127. The lowest BCUT2D eigenvalue weighted by atomic mass is 10.1. The molecule has 2 rings (SSSR count). The van der Waals surface area contributed by atoms with Crippen LogP contribution in [0.4, 0.5) is 0 Å². The Kier molecular flexibility index (Phi) is 2.85. The van der Waals surface area contributed by atoms with Gasteiger partial charge in [0.1, 0.15) is 0 Å². The largest absolute Gasteiger partial charge is 0.392 e. The van der Waals surface area contributed by atoms with Crippen molar-refractivity contribution in [3.05, 3.63) is 32.2 Å². The highest BCUT2D eigenvalue weighted by molar-refractivity contribution is 14.1. The first kappa shape index (κ1) is 10.1. The second-order valence-corrected chi connectivity index (χ2v) is 5.19. The molecule has 0 unspecified atom stereocenters. The first-order valence-corrected chi connectivity index (χ1v) is 5.92. The molecule has 0 atom stereocenters. The van der Waals surface area contributed by atoms with Gasteiger partial charge in [0.05, 0.1) is 11.5 Å². The van der Waals surface area contributed by atoms with Crippen LogP contribution in [0.15, 0.2) is 18.2 Å². The molecule has 72 valence electrons. The van der Waals surface area contributed by atoms with Crippen molar-refractivity contribution in [3.8, 4) is 0 Å². The Morgan fingerprint density at radius 1 is 1.50 bits per heavy atom. The summed E-state index contributed by atoms with van der Waals surface area (Å²) in [5.41, 5.74) is 0.749. The van der Waals surface area contributed by atoms with Gasteiger partial charge in [-0.25, -0.2) is 0 Å². The molecule has 0 radical (unpaired) electrons. The van der Waals surface area contributed by atoms with Crippen LogP contribution < -0.4 is 0 Å². The van der Waals surface area contributed by atoms with E-state index in [1.165, 1.54) is 11.3 Å². The van der Waals surface area contributed by atoms with E-state index in [1.807, 2.05) is 18.2 Å². The number of thiophene rings is 1. The molecule has 0 saturated heterocycles. The van der Waals surface area contributed by atoms with Crippen molar-refractivity contribution in [2.24, 2.45) is 0 Å². The van der Waals surface area contributed by atoms with Gasteiger partial charge in [-0.2, -0.15) is 0 Å². The summed E-state index contributed by atoms with van der Waals surface area (Å²) in [4.78, 5) is 11.4. The van der Waals surface area contributed by atoms with E-state index in [2.05, 4.69) is 22.6 Å². The predicted octanol–water partition coefficient (Wildman–Crippen LogP) is 2.81. The SMILES string of the molecule is O=Cc1sc2ccc(I)cc2c1CO. The van der Waals surface area contributed by atoms with Crippen molar-refractivity contribution in [1.29, 1.82) is 0 Å². The standard InChI is InChI=1S/C10H7IO2S/c11-6-1-2-9-7(3-6)8(4-12)10(5-13)14-9/h1-3,5,12H,4H2. The van der Waals surface area contributed by atoms with E-state index < -0.39 is 0 Å². The van der Waals surface area contributed by atoms with Crippen molar-refractivity contribution < 1.29 is 9.90 Å². The van der Waals surface area contributed by atoms with Crippen LogP contribution in [-0.4, -0.2) is 11.4 Å². The van der Waals surface area contributed by atoms with Gasteiger partial charge in [0.25, 0.3) is 0 Å². The van der Waals surface area contributed by atoms with E-state index in [9.17, 15) is 9.90 Å². The van der Waals surface area contributed by atoms with Crippen LogP contribution in [-0.2, 0) is 6.61 Å². The summed E-state index contributed by atoms with van der Waals surface area (Å²) in [7, 11) is 0. The maximum atomic E-state index is 10.7. The molecular formula is C10H7IO2S. The second-order valence-electron chi connectivity index (χ2n) is 2.86. The number of benzene rings is 1. The Morgan fingerprint density at radius 3 is 2.93 bits per heavy atom. The molecule has 0 bridgehead atoms. The summed E-state index contributed by atoms with van der Waals surface area (Å²) in [6.07, 6.45) is 0.809. The summed E-state index contributed by atoms with van der Waals surface area (Å²) < 4.78 is 2.16. The van der Waals surface area contributed by atoms with Gasteiger partial charge in [-0.15, -0.1) is 11.3 Å². The third kappa shape index (κ3) is 1.57. The summed E-state index contributed by atoms with van der Waals surface area (Å²) in [5.74, 6) is 0. The zero-order chi connectivity index (χ0) is 10.1. The lowest BCUT2D eigenvalue weighted by Crippen LogP contribution is -1.85. The van der Waals surface area contributed by atoms with Gasteiger partial charge >= 0.3 is 0 Å². The monoisotopic (exact) mass is 318 g/mol. The number of halogens is 1. The molecule has 1 aromatic heterocycles. The third-order valence-electron chi connectivity index (χ3n) is 2.05. The van der Waals surface area contributed by atoms with Gasteiger partial charge < -0.3 is 5.11 Å². The third-order valence-corrected chi connectivity index (χ3v) is 3.86.